The Balaban J connectivity index is 1.68. The lowest BCUT2D eigenvalue weighted by Gasteiger charge is -2.10. The number of pyridine rings is 1. The summed E-state index contributed by atoms with van der Waals surface area (Å²) in [6.45, 7) is 7.21. The topological polar surface area (TPSA) is 69.0 Å². The van der Waals surface area contributed by atoms with Crippen LogP contribution in [0.1, 0.15) is 29.2 Å². The van der Waals surface area contributed by atoms with Crippen molar-refractivity contribution in [2.45, 2.75) is 27.3 Å². The van der Waals surface area contributed by atoms with Gasteiger partial charge in [-0.15, -0.1) is 11.3 Å². The van der Waals surface area contributed by atoms with E-state index < -0.39 is 0 Å². The molecule has 1 amide bonds. The summed E-state index contributed by atoms with van der Waals surface area (Å²) >= 11 is 1.39. The van der Waals surface area contributed by atoms with Crippen molar-refractivity contribution in [2.24, 2.45) is 0 Å². The number of benzene rings is 1. The highest BCUT2D eigenvalue weighted by molar-refractivity contribution is 7.17. The predicted octanol–water partition coefficient (Wildman–Crippen LogP) is 5.14. The zero-order valence-electron chi connectivity index (χ0n) is 16.6. The number of nitrogens with zero attached hydrogens (tertiary/aromatic N) is 3. The van der Waals surface area contributed by atoms with E-state index in [1.807, 2.05) is 50.2 Å². The maximum Gasteiger partial charge on any atom is 0.267 e. The van der Waals surface area contributed by atoms with Crippen LogP contribution in [0.5, 0.6) is 5.75 Å². The molecular weight excluding hydrogens is 384 g/mol. The number of aromatic nitrogens is 3. The predicted molar refractivity (Wildman–Crippen MR) is 117 cm³/mol. The first-order chi connectivity index (χ1) is 14.1. The Morgan fingerprint density at radius 2 is 2.03 bits per heavy atom. The summed E-state index contributed by atoms with van der Waals surface area (Å²) in [5.74, 6) is 0.471. The lowest BCUT2D eigenvalue weighted by molar-refractivity contribution is 0.102. The molecule has 0 aliphatic carbocycles. The molecule has 0 aliphatic rings. The third-order valence-electron chi connectivity index (χ3n) is 4.64. The monoisotopic (exact) mass is 406 g/mol. The van der Waals surface area contributed by atoms with Gasteiger partial charge in [-0.3, -0.25) is 4.79 Å². The van der Waals surface area contributed by atoms with Gasteiger partial charge in [0.2, 0.25) is 0 Å². The number of thiazole rings is 1. The molecule has 3 aromatic heterocycles. The highest BCUT2D eigenvalue weighted by Crippen LogP contribution is 2.34. The summed E-state index contributed by atoms with van der Waals surface area (Å²) in [5, 5.41) is 4.81. The molecule has 0 radical (unpaired) electrons. The highest BCUT2D eigenvalue weighted by Gasteiger charge is 2.20. The van der Waals surface area contributed by atoms with Crippen LogP contribution in [0.4, 0.5) is 5.69 Å². The molecule has 0 saturated heterocycles. The van der Waals surface area contributed by atoms with Crippen molar-refractivity contribution in [3.63, 3.8) is 0 Å². The smallest absolute Gasteiger partial charge is 0.267 e. The standard InChI is InChI=1S/C22H22N4O2S/c1-4-26-13-16(15-9-8-12-23-20(15)26)22-24-14(3)19(29-22)21(27)25-17-10-6-7-11-18(17)28-5-2/h6-13H,4-5H2,1-3H3,(H,25,27). The average Bonchev–Trinajstić information content (AvgIpc) is 3.30. The van der Waals surface area contributed by atoms with E-state index in [0.29, 0.717) is 28.6 Å². The lowest BCUT2D eigenvalue weighted by atomic mass is 10.2. The second-order valence-electron chi connectivity index (χ2n) is 6.52. The number of hydrogen-bond acceptors (Lipinski definition) is 5. The van der Waals surface area contributed by atoms with Crippen LogP contribution >= 0.6 is 11.3 Å². The quantitative estimate of drug-likeness (QED) is 0.481. The van der Waals surface area contributed by atoms with Crippen LogP contribution in [0, 0.1) is 6.92 Å². The lowest BCUT2D eigenvalue weighted by Crippen LogP contribution is -2.12. The number of para-hydroxylation sites is 2. The number of fused-ring (bicyclic) bond motifs is 1. The SMILES string of the molecule is CCOc1ccccc1NC(=O)c1sc(-c2cn(CC)c3ncccc23)nc1C. The van der Waals surface area contributed by atoms with Gasteiger partial charge in [0.05, 0.1) is 18.0 Å². The molecule has 148 valence electrons. The molecule has 0 atom stereocenters. The van der Waals surface area contributed by atoms with E-state index in [1.165, 1.54) is 11.3 Å². The van der Waals surface area contributed by atoms with E-state index in [-0.39, 0.29) is 5.91 Å². The van der Waals surface area contributed by atoms with Crippen molar-refractivity contribution in [3.8, 4) is 16.3 Å². The van der Waals surface area contributed by atoms with Gasteiger partial charge in [0.1, 0.15) is 21.3 Å². The van der Waals surface area contributed by atoms with Gasteiger partial charge in [-0.2, -0.15) is 0 Å². The minimum atomic E-state index is -0.184. The second-order valence-corrected chi connectivity index (χ2v) is 7.52. The number of carbonyl (C=O) groups is 1. The van der Waals surface area contributed by atoms with Gasteiger partial charge in [-0.25, -0.2) is 9.97 Å². The van der Waals surface area contributed by atoms with Crippen LogP contribution in [-0.2, 0) is 6.54 Å². The number of nitrogens with one attached hydrogen (secondary N) is 1. The van der Waals surface area contributed by atoms with E-state index in [2.05, 4.69) is 33.0 Å². The van der Waals surface area contributed by atoms with E-state index in [0.717, 1.165) is 28.1 Å². The summed E-state index contributed by atoms with van der Waals surface area (Å²) in [5.41, 5.74) is 3.28. The summed E-state index contributed by atoms with van der Waals surface area (Å²) in [7, 11) is 0. The number of hydrogen-bond donors (Lipinski definition) is 1. The number of anilines is 1. The second kappa shape index (κ2) is 8.05. The van der Waals surface area contributed by atoms with E-state index in [4.69, 9.17) is 4.74 Å². The maximum atomic E-state index is 12.9. The van der Waals surface area contributed by atoms with Gasteiger partial charge in [-0.1, -0.05) is 12.1 Å². The van der Waals surface area contributed by atoms with Gasteiger partial charge in [-0.05, 0) is 45.0 Å². The molecule has 0 fully saturated rings. The van der Waals surface area contributed by atoms with Crippen molar-refractivity contribution < 1.29 is 9.53 Å². The number of aryl methyl sites for hydroxylation is 2. The molecule has 4 rings (SSSR count). The zero-order valence-corrected chi connectivity index (χ0v) is 17.4. The Kier molecular flexibility index (Phi) is 5.31. The Morgan fingerprint density at radius 1 is 1.21 bits per heavy atom. The molecule has 0 saturated carbocycles. The summed E-state index contributed by atoms with van der Waals surface area (Å²) in [6, 6.07) is 11.4. The van der Waals surface area contributed by atoms with E-state index >= 15 is 0 Å². The normalized spacial score (nSPS) is 11.0. The Labute approximate surface area is 173 Å². The van der Waals surface area contributed by atoms with Gasteiger partial charge in [0.25, 0.3) is 5.91 Å². The first kappa shape index (κ1) is 19.1. The molecule has 7 heteroatoms. The van der Waals surface area contributed by atoms with Crippen LogP contribution in [-0.4, -0.2) is 27.0 Å². The minimum absolute atomic E-state index is 0.184. The molecule has 1 N–H and O–H groups in total. The Hall–Kier alpha value is -3.19. The Morgan fingerprint density at radius 3 is 2.83 bits per heavy atom. The van der Waals surface area contributed by atoms with E-state index in [1.54, 1.807) is 6.20 Å². The first-order valence-electron chi connectivity index (χ1n) is 9.57. The fourth-order valence-electron chi connectivity index (χ4n) is 3.29. The van der Waals surface area contributed by atoms with Crippen molar-refractivity contribution >= 4 is 34.0 Å². The highest BCUT2D eigenvalue weighted by atomic mass is 32.1. The largest absolute Gasteiger partial charge is 0.492 e. The summed E-state index contributed by atoms with van der Waals surface area (Å²) in [4.78, 5) is 22.7. The molecule has 0 unspecified atom stereocenters. The van der Waals surface area contributed by atoms with Crippen molar-refractivity contribution in [2.75, 3.05) is 11.9 Å². The number of rotatable bonds is 6. The maximum absolute atomic E-state index is 12.9. The molecular formula is C22H22N4O2S. The minimum Gasteiger partial charge on any atom is -0.492 e. The van der Waals surface area contributed by atoms with Crippen LogP contribution in [0.2, 0.25) is 0 Å². The number of ether oxygens (including phenoxy) is 1. The van der Waals surface area contributed by atoms with Gasteiger partial charge >= 0.3 is 0 Å². The van der Waals surface area contributed by atoms with Crippen LogP contribution in [0.3, 0.4) is 0 Å². The van der Waals surface area contributed by atoms with E-state index in [9.17, 15) is 4.79 Å². The van der Waals surface area contributed by atoms with Crippen LogP contribution in [0.25, 0.3) is 21.6 Å². The molecule has 0 bridgehead atoms. The zero-order chi connectivity index (χ0) is 20.4. The van der Waals surface area contributed by atoms with Gasteiger partial charge in [0.15, 0.2) is 0 Å². The molecule has 4 aromatic rings. The van der Waals surface area contributed by atoms with Gasteiger partial charge in [0, 0.05) is 29.9 Å². The first-order valence-corrected chi connectivity index (χ1v) is 10.4. The number of amides is 1. The van der Waals surface area contributed by atoms with Crippen molar-refractivity contribution in [1.29, 1.82) is 0 Å². The third-order valence-corrected chi connectivity index (χ3v) is 5.83. The molecule has 29 heavy (non-hydrogen) atoms. The van der Waals surface area contributed by atoms with Crippen molar-refractivity contribution in [3.05, 3.63) is 59.4 Å². The Bertz CT molecular complexity index is 1180. The average molecular weight is 407 g/mol. The fraction of sp³-hybridized carbons (Fsp3) is 0.227. The number of carbonyl (C=O) groups excluding carboxylic acids is 1. The molecule has 3 heterocycles. The van der Waals surface area contributed by atoms with Crippen LogP contribution in [0.15, 0.2) is 48.8 Å². The van der Waals surface area contributed by atoms with Gasteiger partial charge < -0.3 is 14.6 Å². The molecule has 1 aromatic carbocycles. The third kappa shape index (κ3) is 3.61. The fourth-order valence-corrected chi connectivity index (χ4v) is 4.27. The summed E-state index contributed by atoms with van der Waals surface area (Å²) < 4.78 is 7.70. The molecule has 0 aliphatic heterocycles. The molecule has 0 spiro atoms. The van der Waals surface area contributed by atoms with Crippen LogP contribution < -0.4 is 10.1 Å². The molecule has 6 nitrogen and oxygen atoms in total. The van der Waals surface area contributed by atoms with Crippen molar-refractivity contribution in [1.82, 2.24) is 14.5 Å². The summed E-state index contributed by atoms with van der Waals surface area (Å²) in [6.07, 6.45) is 3.85.